The number of aliphatic hydroxyl groups excluding tert-OH is 1. The second-order valence-corrected chi connectivity index (χ2v) is 5.59. The van der Waals surface area contributed by atoms with E-state index in [0.717, 1.165) is 32.1 Å². The smallest absolute Gasteiger partial charge is 0.220 e. The minimum Gasteiger partial charge on any atom is -0.392 e. The summed E-state index contributed by atoms with van der Waals surface area (Å²) in [7, 11) is 0. The van der Waals surface area contributed by atoms with Crippen LogP contribution in [0.2, 0.25) is 0 Å². The van der Waals surface area contributed by atoms with Crippen molar-refractivity contribution in [2.45, 2.75) is 70.8 Å². The molecule has 124 valence electrons. The summed E-state index contributed by atoms with van der Waals surface area (Å²) in [5, 5.41) is 15.9. The van der Waals surface area contributed by atoms with Crippen LogP contribution in [-0.2, 0) is 4.79 Å². The van der Waals surface area contributed by atoms with E-state index in [1.165, 1.54) is 19.3 Å². The Morgan fingerprint density at radius 2 is 1.95 bits per heavy atom. The monoisotopic (exact) mass is 298 g/mol. The number of carbonyl (C=O) groups excluding carboxylic acids is 1. The molecule has 0 radical (unpaired) electrons. The van der Waals surface area contributed by atoms with Gasteiger partial charge in [-0.15, -0.1) is 6.58 Å². The minimum atomic E-state index is -0.278. The fourth-order valence-electron chi connectivity index (χ4n) is 2.11. The van der Waals surface area contributed by atoms with E-state index < -0.39 is 0 Å². The lowest BCUT2D eigenvalue weighted by Crippen LogP contribution is -2.35. The van der Waals surface area contributed by atoms with Crippen LogP contribution in [0.25, 0.3) is 0 Å². The van der Waals surface area contributed by atoms with Gasteiger partial charge < -0.3 is 15.7 Å². The summed E-state index contributed by atoms with van der Waals surface area (Å²) in [6, 6.07) is 0. The number of unbranched alkanes of at least 4 members (excludes halogenated alkanes) is 5. The van der Waals surface area contributed by atoms with Crippen molar-refractivity contribution in [3.63, 3.8) is 0 Å². The molecule has 0 saturated heterocycles. The van der Waals surface area contributed by atoms with Gasteiger partial charge in [-0.25, -0.2) is 0 Å². The summed E-state index contributed by atoms with van der Waals surface area (Å²) in [5.41, 5.74) is 0. The average molecular weight is 298 g/mol. The second kappa shape index (κ2) is 15.5. The fourth-order valence-corrected chi connectivity index (χ4v) is 2.11. The van der Waals surface area contributed by atoms with Crippen molar-refractivity contribution in [2.75, 3.05) is 19.6 Å². The normalized spacial score (nSPS) is 12.1. The number of allylic oxidation sites excluding steroid dienone is 1. The highest BCUT2D eigenvalue weighted by molar-refractivity contribution is 5.75. The first-order valence-electron chi connectivity index (χ1n) is 8.47. The fraction of sp³-hybridized carbons (Fsp3) is 0.824. The molecule has 3 N–H and O–H groups in total. The van der Waals surface area contributed by atoms with Gasteiger partial charge in [-0.05, 0) is 25.7 Å². The highest BCUT2D eigenvalue weighted by Gasteiger charge is 2.03. The van der Waals surface area contributed by atoms with E-state index in [2.05, 4.69) is 24.1 Å². The first-order valence-corrected chi connectivity index (χ1v) is 8.47. The van der Waals surface area contributed by atoms with Crippen LogP contribution in [0.15, 0.2) is 12.7 Å². The molecule has 0 aliphatic rings. The largest absolute Gasteiger partial charge is 0.392 e. The van der Waals surface area contributed by atoms with Crippen molar-refractivity contribution >= 4 is 5.91 Å². The predicted octanol–water partition coefficient (Wildman–Crippen LogP) is 2.77. The summed E-state index contributed by atoms with van der Waals surface area (Å²) in [4.78, 5) is 11.4. The van der Waals surface area contributed by atoms with Crippen molar-refractivity contribution in [3.05, 3.63) is 12.7 Å². The summed E-state index contributed by atoms with van der Waals surface area (Å²) < 4.78 is 0. The van der Waals surface area contributed by atoms with Gasteiger partial charge in [0.2, 0.25) is 5.91 Å². The third-order valence-corrected chi connectivity index (χ3v) is 3.46. The van der Waals surface area contributed by atoms with Crippen molar-refractivity contribution < 1.29 is 9.90 Å². The molecular formula is C17H34N2O2. The van der Waals surface area contributed by atoms with Crippen LogP contribution in [0, 0.1) is 0 Å². The van der Waals surface area contributed by atoms with Gasteiger partial charge in [-0.1, -0.05) is 38.7 Å². The topological polar surface area (TPSA) is 61.4 Å². The Morgan fingerprint density at radius 1 is 1.19 bits per heavy atom. The predicted molar refractivity (Wildman–Crippen MR) is 89.3 cm³/mol. The standard InChI is InChI=1S/C17H34N2O2/c1-3-5-7-8-9-10-11-16(20)15-18-13-14-19-17(21)12-6-4-2/h3,16,18,20H,1,4-15H2,2H3,(H,19,21). The molecule has 4 nitrogen and oxygen atoms in total. The number of amides is 1. The minimum absolute atomic E-state index is 0.124. The Labute approximate surface area is 130 Å². The summed E-state index contributed by atoms with van der Waals surface area (Å²) in [6.45, 7) is 7.75. The Balaban J connectivity index is 3.27. The van der Waals surface area contributed by atoms with Crippen LogP contribution < -0.4 is 10.6 Å². The number of rotatable bonds is 15. The van der Waals surface area contributed by atoms with Gasteiger partial charge in [0.1, 0.15) is 0 Å². The van der Waals surface area contributed by atoms with Crippen molar-refractivity contribution in [2.24, 2.45) is 0 Å². The van der Waals surface area contributed by atoms with Gasteiger partial charge in [-0.3, -0.25) is 4.79 Å². The third-order valence-electron chi connectivity index (χ3n) is 3.46. The quantitative estimate of drug-likeness (QED) is 0.322. The molecule has 0 heterocycles. The van der Waals surface area contributed by atoms with E-state index in [1.807, 2.05) is 6.08 Å². The number of aliphatic hydroxyl groups is 1. The maximum Gasteiger partial charge on any atom is 0.220 e. The number of carbonyl (C=O) groups is 1. The molecule has 0 rings (SSSR count). The summed E-state index contributed by atoms with van der Waals surface area (Å²) in [6.07, 6.45) is 10.9. The molecule has 0 aromatic carbocycles. The molecule has 1 atom stereocenters. The lowest BCUT2D eigenvalue weighted by Gasteiger charge is -2.12. The molecule has 0 aliphatic carbocycles. The van der Waals surface area contributed by atoms with Gasteiger partial charge in [-0.2, -0.15) is 0 Å². The van der Waals surface area contributed by atoms with E-state index in [4.69, 9.17) is 0 Å². The summed E-state index contributed by atoms with van der Waals surface area (Å²) >= 11 is 0. The van der Waals surface area contributed by atoms with E-state index >= 15 is 0 Å². The molecule has 0 fully saturated rings. The molecule has 0 aromatic rings. The van der Waals surface area contributed by atoms with Crippen LogP contribution in [0.3, 0.4) is 0 Å². The Morgan fingerprint density at radius 3 is 2.67 bits per heavy atom. The highest BCUT2D eigenvalue weighted by atomic mass is 16.3. The van der Waals surface area contributed by atoms with Crippen LogP contribution in [0.1, 0.15) is 64.7 Å². The van der Waals surface area contributed by atoms with E-state index in [-0.39, 0.29) is 12.0 Å². The van der Waals surface area contributed by atoms with E-state index in [9.17, 15) is 9.90 Å². The van der Waals surface area contributed by atoms with Crippen LogP contribution in [0.4, 0.5) is 0 Å². The van der Waals surface area contributed by atoms with Gasteiger partial charge in [0.15, 0.2) is 0 Å². The van der Waals surface area contributed by atoms with Crippen molar-refractivity contribution in [1.82, 2.24) is 10.6 Å². The zero-order chi connectivity index (χ0) is 15.8. The average Bonchev–Trinajstić information content (AvgIpc) is 2.48. The lowest BCUT2D eigenvalue weighted by atomic mass is 10.1. The number of hydrogen-bond donors (Lipinski definition) is 3. The molecule has 0 aliphatic heterocycles. The zero-order valence-corrected chi connectivity index (χ0v) is 13.7. The zero-order valence-electron chi connectivity index (χ0n) is 13.7. The SMILES string of the molecule is C=CCCCCCCC(O)CNCCNC(=O)CCCC. The van der Waals surface area contributed by atoms with Crippen LogP contribution in [0.5, 0.6) is 0 Å². The first kappa shape index (κ1) is 20.1. The van der Waals surface area contributed by atoms with Crippen LogP contribution >= 0.6 is 0 Å². The van der Waals surface area contributed by atoms with Crippen molar-refractivity contribution in [1.29, 1.82) is 0 Å². The first-order chi connectivity index (χ1) is 10.2. The molecule has 0 aromatic heterocycles. The number of nitrogens with one attached hydrogen (secondary N) is 2. The second-order valence-electron chi connectivity index (χ2n) is 5.59. The van der Waals surface area contributed by atoms with E-state index in [1.54, 1.807) is 0 Å². The van der Waals surface area contributed by atoms with Crippen molar-refractivity contribution in [3.8, 4) is 0 Å². The Bertz CT molecular complexity index is 257. The Kier molecular flexibility index (Phi) is 14.9. The Hall–Kier alpha value is -0.870. The van der Waals surface area contributed by atoms with Gasteiger partial charge in [0.25, 0.3) is 0 Å². The molecular weight excluding hydrogens is 264 g/mol. The van der Waals surface area contributed by atoms with Gasteiger partial charge in [0.05, 0.1) is 6.10 Å². The maximum atomic E-state index is 11.4. The highest BCUT2D eigenvalue weighted by Crippen LogP contribution is 2.07. The molecule has 4 heteroatoms. The third kappa shape index (κ3) is 15.3. The maximum absolute atomic E-state index is 11.4. The van der Waals surface area contributed by atoms with Crippen LogP contribution in [-0.4, -0.2) is 36.8 Å². The molecule has 0 bridgehead atoms. The molecule has 1 amide bonds. The van der Waals surface area contributed by atoms with E-state index in [0.29, 0.717) is 26.1 Å². The molecule has 21 heavy (non-hydrogen) atoms. The molecule has 1 unspecified atom stereocenters. The number of hydrogen-bond acceptors (Lipinski definition) is 3. The lowest BCUT2D eigenvalue weighted by molar-refractivity contribution is -0.121. The molecule has 0 saturated carbocycles. The summed E-state index contributed by atoms with van der Waals surface area (Å²) in [5.74, 6) is 0.124. The van der Waals surface area contributed by atoms with Gasteiger partial charge in [0, 0.05) is 26.1 Å². The van der Waals surface area contributed by atoms with Gasteiger partial charge >= 0.3 is 0 Å². The molecule has 0 spiro atoms.